The summed E-state index contributed by atoms with van der Waals surface area (Å²) in [4.78, 5) is 15.1. The van der Waals surface area contributed by atoms with Crippen molar-refractivity contribution in [3.8, 4) is 0 Å². The van der Waals surface area contributed by atoms with E-state index in [0.29, 0.717) is 31.1 Å². The summed E-state index contributed by atoms with van der Waals surface area (Å²) in [6, 6.07) is 18.0. The summed E-state index contributed by atoms with van der Waals surface area (Å²) in [7, 11) is 1.61. The van der Waals surface area contributed by atoms with Gasteiger partial charge in [0.1, 0.15) is 5.58 Å². The number of furan rings is 1. The van der Waals surface area contributed by atoms with Crippen LogP contribution < -0.4 is 5.32 Å². The van der Waals surface area contributed by atoms with Crippen LogP contribution >= 0.6 is 0 Å². The first-order valence-corrected chi connectivity index (χ1v) is 9.90. The number of methoxy groups -OCH3 is 1. The van der Waals surface area contributed by atoms with Gasteiger partial charge in [0.2, 0.25) is 0 Å². The van der Waals surface area contributed by atoms with E-state index in [4.69, 9.17) is 13.9 Å². The predicted molar refractivity (Wildman–Crippen MR) is 111 cm³/mol. The number of hydrogen-bond acceptors (Lipinski definition) is 5. The fourth-order valence-corrected chi connectivity index (χ4v) is 3.75. The molecule has 0 saturated carbocycles. The number of nitrogens with one attached hydrogen (secondary N) is 1. The second kappa shape index (κ2) is 9.22. The highest BCUT2D eigenvalue weighted by Crippen LogP contribution is 2.26. The van der Waals surface area contributed by atoms with Crippen molar-refractivity contribution in [3.05, 3.63) is 71.5 Å². The molecular formula is C23H26N2O4. The molecule has 1 aliphatic rings. The molecule has 4 rings (SSSR count). The minimum absolute atomic E-state index is 0.0494. The Morgan fingerprint density at radius 3 is 2.79 bits per heavy atom. The maximum atomic E-state index is 12.8. The lowest BCUT2D eigenvalue weighted by atomic mass is 10.1. The lowest BCUT2D eigenvalue weighted by Gasteiger charge is -2.33. The Balaban J connectivity index is 1.38. The number of morpholine rings is 1. The van der Waals surface area contributed by atoms with Gasteiger partial charge in [0.05, 0.1) is 19.3 Å². The molecule has 1 saturated heterocycles. The molecule has 6 nitrogen and oxygen atoms in total. The van der Waals surface area contributed by atoms with E-state index >= 15 is 0 Å². The van der Waals surface area contributed by atoms with Crippen LogP contribution in [0, 0.1) is 0 Å². The van der Waals surface area contributed by atoms with Gasteiger partial charge in [-0.3, -0.25) is 9.69 Å². The number of amides is 1. The predicted octanol–water partition coefficient (Wildman–Crippen LogP) is 3.21. The molecule has 1 unspecified atom stereocenters. The Labute approximate surface area is 170 Å². The van der Waals surface area contributed by atoms with E-state index in [9.17, 15) is 4.79 Å². The Hall–Kier alpha value is -2.67. The molecule has 0 bridgehead atoms. The molecule has 3 aromatic rings. The van der Waals surface area contributed by atoms with Crippen LogP contribution in [0.2, 0.25) is 0 Å². The first kappa shape index (κ1) is 19.6. The van der Waals surface area contributed by atoms with Gasteiger partial charge in [-0.15, -0.1) is 0 Å². The largest absolute Gasteiger partial charge is 0.451 e. The fraction of sp³-hybridized carbons (Fsp3) is 0.348. The molecular weight excluding hydrogens is 368 g/mol. The van der Waals surface area contributed by atoms with Crippen molar-refractivity contribution >= 4 is 16.9 Å². The zero-order chi connectivity index (χ0) is 20.1. The molecule has 6 heteroatoms. The number of rotatable bonds is 7. The van der Waals surface area contributed by atoms with Gasteiger partial charge in [0, 0.05) is 44.2 Å². The van der Waals surface area contributed by atoms with Crippen molar-refractivity contribution in [2.75, 3.05) is 33.4 Å². The van der Waals surface area contributed by atoms with Crippen LogP contribution in [0.3, 0.4) is 0 Å². The van der Waals surface area contributed by atoms with Gasteiger partial charge in [-0.25, -0.2) is 0 Å². The fourth-order valence-electron chi connectivity index (χ4n) is 3.75. The van der Waals surface area contributed by atoms with E-state index in [0.717, 1.165) is 30.6 Å². The van der Waals surface area contributed by atoms with Crippen LogP contribution in [0.4, 0.5) is 0 Å². The van der Waals surface area contributed by atoms with E-state index in [2.05, 4.69) is 34.5 Å². The number of nitrogens with zero attached hydrogens (tertiary/aromatic N) is 1. The van der Waals surface area contributed by atoms with Gasteiger partial charge in [-0.05, 0) is 11.6 Å². The van der Waals surface area contributed by atoms with Crippen LogP contribution in [0.15, 0.2) is 59.0 Å². The number of carbonyl (C=O) groups excluding carboxylic acids is 1. The SMILES string of the molecule is COCc1c(C(=O)NCC2CN(Cc3ccccc3)CCO2)oc2ccccc12. The molecule has 2 heterocycles. The van der Waals surface area contributed by atoms with E-state index < -0.39 is 0 Å². The highest BCUT2D eigenvalue weighted by Gasteiger charge is 2.24. The molecule has 1 aromatic heterocycles. The quantitative estimate of drug-likeness (QED) is 0.667. The molecule has 29 heavy (non-hydrogen) atoms. The number of carbonyl (C=O) groups is 1. The summed E-state index contributed by atoms with van der Waals surface area (Å²) >= 11 is 0. The topological polar surface area (TPSA) is 63.9 Å². The molecule has 0 radical (unpaired) electrons. The average molecular weight is 394 g/mol. The van der Waals surface area contributed by atoms with E-state index in [1.165, 1.54) is 5.56 Å². The smallest absolute Gasteiger partial charge is 0.287 e. The average Bonchev–Trinajstić information content (AvgIpc) is 3.12. The van der Waals surface area contributed by atoms with Crippen LogP contribution in [-0.4, -0.2) is 50.3 Å². The Morgan fingerprint density at radius 1 is 1.17 bits per heavy atom. The first-order valence-electron chi connectivity index (χ1n) is 9.90. The minimum Gasteiger partial charge on any atom is -0.451 e. The van der Waals surface area contributed by atoms with Crippen molar-refractivity contribution in [1.82, 2.24) is 10.2 Å². The summed E-state index contributed by atoms with van der Waals surface area (Å²) in [5, 5.41) is 3.88. The molecule has 0 spiro atoms. The lowest BCUT2D eigenvalue weighted by molar-refractivity contribution is -0.0293. The van der Waals surface area contributed by atoms with Gasteiger partial charge in [-0.1, -0.05) is 48.5 Å². The molecule has 2 aromatic carbocycles. The van der Waals surface area contributed by atoms with E-state index in [1.54, 1.807) is 7.11 Å². The summed E-state index contributed by atoms with van der Waals surface area (Å²) in [6.45, 7) is 3.97. The third-order valence-corrected chi connectivity index (χ3v) is 5.16. The number of benzene rings is 2. The van der Waals surface area contributed by atoms with E-state index in [1.807, 2.05) is 30.3 Å². The van der Waals surface area contributed by atoms with Crippen molar-refractivity contribution < 1.29 is 18.7 Å². The maximum Gasteiger partial charge on any atom is 0.287 e. The van der Waals surface area contributed by atoms with Gasteiger partial charge < -0.3 is 19.2 Å². The number of fused-ring (bicyclic) bond motifs is 1. The molecule has 1 aliphatic heterocycles. The Morgan fingerprint density at radius 2 is 1.97 bits per heavy atom. The Kier molecular flexibility index (Phi) is 6.24. The van der Waals surface area contributed by atoms with Crippen LogP contribution in [0.1, 0.15) is 21.7 Å². The van der Waals surface area contributed by atoms with Crippen LogP contribution in [0.25, 0.3) is 11.0 Å². The number of ether oxygens (including phenoxy) is 2. The van der Waals surface area contributed by atoms with Crippen molar-refractivity contribution in [1.29, 1.82) is 0 Å². The standard InChI is InChI=1S/C23H26N2O4/c1-27-16-20-19-9-5-6-10-21(19)29-22(20)23(26)24-13-18-15-25(11-12-28-18)14-17-7-3-2-4-8-17/h2-10,18H,11-16H2,1H3,(H,24,26). The first-order chi connectivity index (χ1) is 14.2. The van der Waals surface area contributed by atoms with Crippen LogP contribution in [0.5, 0.6) is 0 Å². The van der Waals surface area contributed by atoms with Gasteiger partial charge >= 0.3 is 0 Å². The van der Waals surface area contributed by atoms with Crippen molar-refractivity contribution in [3.63, 3.8) is 0 Å². The number of hydrogen-bond donors (Lipinski definition) is 1. The normalized spacial score (nSPS) is 17.5. The monoisotopic (exact) mass is 394 g/mol. The molecule has 0 aliphatic carbocycles. The van der Waals surface area contributed by atoms with Gasteiger partial charge in [0.15, 0.2) is 5.76 Å². The minimum atomic E-state index is -0.239. The summed E-state index contributed by atoms with van der Waals surface area (Å²) in [5.41, 5.74) is 2.74. The number of para-hydroxylation sites is 1. The van der Waals surface area contributed by atoms with Crippen molar-refractivity contribution in [2.24, 2.45) is 0 Å². The van der Waals surface area contributed by atoms with Gasteiger partial charge in [0.25, 0.3) is 5.91 Å². The summed E-state index contributed by atoms with van der Waals surface area (Å²) in [6.07, 6.45) is -0.0494. The molecule has 1 N–H and O–H groups in total. The molecule has 1 amide bonds. The molecule has 1 fully saturated rings. The third-order valence-electron chi connectivity index (χ3n) is 5.16. The lowest BCUT2D eigenvalue weighted by Crippen LogP contribution is -2.47. The Bertz CT molecular complexity index is 954. The van der Waals surface area contributed by atoms with Crippen LogP contribution in [-0.2, 0) is 22.6 Å². The zero-order valence-electron chi connectivity index (χ0n) is 16.6. The third kappa shape index (κ3) is 4.67. The molecule has 152 valence electrons. The second-order valence-electron chi connectivity index (χ2n) is 7.26. The van der Waals surface area contributed by atoms with Gasteiger partial charge in [-0.2, -0.15) is 0 Å². The maximum absolute atomic E-state index is 12.8. The van der Waals surface area contributed by atoms with E-state index in [-0.39, 0.29) is 12.0 Å². The summed E-state index contributed by atoms with van der Waals surface area (Å²) < 4.78 is 16.9. The highest BCUT2D eigenvalue weighted by molar-refractivity contribution is 5.99. The summed E-state index contributed by atoms with van der Waals surface area (Å²) in [5.74, 6) is 0.0713. The second-order valence-corrected chi connectivity index (χ2v) is 7.26. The highest BCUT2D eigenvalue weighted by atomic mass is 16.5. The zero-order valence-corrected chi connectivity index (χ0v) is 16.6. The van der Waals surface area contributed by atoms with Crippen molar-refractivity contribution in [2.45, 2.75) is 19.3 Å². The molecule has 1 atom stereocenters.